The molecule has 126 valence electrons. The average Bonchev–Trinajstić information content (AvgIpc) is 3.19. The predicted molar refractivity (Wildman–Crippen MR) is 89.6 cm³/mol. The lowest BCUT2D eigenvalue weighted by Gasteiger charge is -2.24. The summed E-state index contributed by atoms with van der Waals surface area (Å²) < 4.78 is 25.9. The van der Waals surface area contributed by atoms with E-state index in [0.717, 1.165) is 19.3 Å². The van der Waals surface area contributed by atoms with Crippen molar-refractivity contribution in [3.8, 4) is 0 Å². The van der Waals surface area contributed by atoms with Crippen molar-refractivity contribution in [1.29, 1.82) is 0 Å². The summed E-state index contributed by atoms with van der Waals surface area (Å²) in [7, 11) is -1.87. The summed E-state index contributed by atoms with van der Waals surface area (Å²) in [6.07, 6.45) is 2.54. The Balaban J connectivity index is 1.68. The van der Waals surface area contributed by atoms with Gasteiger partial charge in [0.15, 0.2) is 0 Å². The molecule has 5 nitrogen and oxygen atoms in total. The van der Waals surface area contributed by atoms with Crippen LogP contribution < -0.4 is 4.72 Å². The van der Waals surface area contributed by atoms with E-state index in [2.05, 4.69) is 23.8 Å². The number of likely N-dealkylation sites (tertiary alicyclic amines) is 1. The predicted octanol–water partition coefficient (Wildman–Crippen LogP) is 1.64. The molecule has 1 saturated heterocycles. The molecule has 1 heterocycles. The molecule has 23 heavy (non-hydrogen) atoms. The molecule has 1 aromatic rings. The first-order chi connectivity index (χ1) is 10.9. The molecule has 3 rings (SSSR count). The van der Waals surface area contributed by atoms with E-state index in [1.54, 1.807) is 4.90 Å². The lowest BCUT2D eigenvalue weighted by Crippen LogP contribution is -2.42. The first-order valence-electron chi connectivity index (χ1n) is 8.20. The van der Waals surface area contributed by atoms with Gasteiger partial charge >= 0.3 is 0 Å². The Hall–Kier alpha value is -1.40. The maximum absolute atomic E-state index is 12.8. The molecular formula is C17H24N2O3S. The van der Waals surface area contributed by atoms with Gasteiger partial charge < -0.3 is 4.90 Å². The maximum atomic E-state index is 12.8. The number of amides is 1. The van der Waals surface area contributed by atoms with Gasteiger partial charge in [-0.05, 0) is 50.3 Å². The molecule has 1 aliphatic heterocycles. The second-order valence-corrected chi connectivity index (χ2v) is 8.59. The Morgan fingerprint density at radius 1 is 1.35 bits per heavy atom. The zero-order valence-electron chi connectivity index (χ0n) is 13.7. The summed E-state index contributed by atoms with van der Waals surface area (Å²) >= 11 is 0. The third kappa shape index (κ3) is 3.43. The first-order valence-corrected chi connectivity index (χ1v) is 9.85. The van der Waals surface area contributed by atoms with Crippen molar-refractivity contribution in [3.63, 3.8) is 0 Å². The van der Waals surface area contributed by atoms with Crippen molar-refractivity contribution in [2.75, 3.05) is 19.3 Å². The highest BCUT2D eigenvalue weighted by molar-refractivity contribution is 7.89. The lowest BCUT2D eigenvalue weighted by molar-refractivity contribution is -0.133. The molecule has 1 saturated carbocycles. The zero-order chi connectivity index (χ0) is 16.6. The monoisotopic (exact) mass is 336 g/mol. The van der Waals surface area contributed by atoms with Gasteiger partial charge in [0, 0.05) is 18.5 Å². The van der Waals surface area contributed by atoms with Gasteiger partial charge in [0.2, 0.25) is 15.9 Å². The molecule has 1 aliphatic carbocycles. The number of rotatable bonds is 5. The number of nitrogens with zero attached hydrogens (tertiary/aromatic N) is 1. The molecule has 2 aliphatic rings. The second kappa shape index (κ2) is 6.24. The standard InChI is InChI=1S/C17H24N2O3S/c1-12-6-3-4-8-14(12)15-10-16(15)17(20)19-9-5-7-13(19)11-23(21,22)18-2/h3-4,6,8,13,15-16,18H,5,7,9-11H2,1-2H3/t13-,15-,16-/m0/s1. The Labute approximate surface area is 138 Å². The quantitative estimate of drug-likeness (QED) is 0.889. The second-order valence-electron chi connectivity index (χ2n) is 6.62. The molecule has 0 bridgehead atoms. The number of aryl methyl sites for hydroxylation is 1. The maximum Gasteiger partial charge on any atom is 0.226 e. The Bertz CT molecular complexity index is 702. The fourth-order valence-corrected chi connectivity index (χ4v) is 4.68. The van der Waals surface area contributed by atoms with Crippen LogP contribution in [0.3, 0.4) is 0 Å². The molecule has 0 spiro atoms. The molecule has 0 unspecified atom stereocenters. The van der Waals surface area contributed by atoms with Gasteiger partial charge in [0.05, 0.1) is 5.75 Å². The van der Waals surface area contributed by atoms with Crippen LogP contribution in [-0.2, 0) is 14.8 Å². The van der Waals surface area contributed by atoms with Crippen molar-refractivity contribution in [1.82, 2.24) is 9.62 Å². The number of carbonyl (C=O) groups excluding carboxylic acids is 1. The molecule has 1 N–H and O–H groups in total. The van der Waals surface area contributed by atoms with Crippen LogP contribution in [0.15, 0.2) is 24.3 Å². The van der Waals surface area contributed by atoms with E-state index in [1.807, 2.05) is 12.1 Å². The number of benzene rings is 1. The van der Waals surface area contributed by atoms with Crippen LogP contribution in [0.5, 0.6) is 0 Å². The summed E-state index contributed by atoms with van der Waals surface area (Å²) in [5.74, 6) is 0.462. The number of sulfonamides is 1. The Kier molecular flexibility index (Phi) is 4.47. The lowest BCUT2D eigenvalue weighted by atomic mass is 10.0. The van der Waals surface area contributed by atoms with E-state index in [-0.39, 0.29) is 23.6 Å². The summed E-state index contributed by atoms with van der Waals surface area (Å²) in [5.41, 5.74) is 2.48. The fraction of sp³-hybridized carbons (Fsp3) is 0.588. The van der Waals surface area contributed by atoms with Crippen molar-refractivity contribution in [2.24, 2.45) is 5.92 Å². The van der Waals surface area contributed by atoms with Gasteiger partial charge in [-0.2, -0.15) is 0 Å². The van der Waals surface area contributed by atoms with Crippen LogP contribution in [0.4, 0.5) is 0 Å². The van der Waals surface area contributed by atoms with Crippen LogP contribution in [0, 0.1) is 12.8 Å². The Morgan fingerprint density at radius 2 is 2.09 bits per heavy atom. The normalized spacial score (nSPS) is 27.2. The number of nitrogens with one attached hydrogen (secondary N) is 1. The zero-order valence-corrected chi connectivity index (χ0v) is 14.5. The molecule has 0 aromatic heterocycles. The number of hydrogen-bond acceptors (Lipinski definition) is 3. The summed E-state index contributed by atoms with van der Waals surface area (Å²) in [5, 5.41) is 0. The van der Waals surface area contributed by atoms with Gasteiger partial charge in [-0.1, -0.05) is 24.3 Å². The molecule has 1 amide bonds. The molecule has 6 heteroatoms. The van der Waals surface area contributed by atoms with E-state index in [9.17, 15) is 13.2 Å². The minimum Gasteiger partial charge on any atom is -0.338 e. The molecule has 3 atom stereocenters. The fourth-order valence-electron chi connectivity index (χ4n) is 3.66. The largest absolute Gasteiger partial charge is 0.338 e. The van der Waals surface area contributed by atoms with Gasteiger partial charge in [-0.3, -0.25) is 4.79 Å². The van der Waals surface area contributed by atoms with Crippen LogP contribution >= 0.6 is 0 Å². The van der Waals surface area contributed by atoms with Crippen LogP contribution in [0.2, 0.25) is 0 Å². The Morgan fingerprint density at radius 3 is 2.78 bits per heavy atom. The van der Waals surface area contributed by atoms with E-state index in [0.29, 0.717) is 12.5 Å². The highest BCUT2D eigenvalue weighted by Crippen LogP contribution is 2.50. The van der Waals surface area contributed by atoms with Gasteiger partial charge in [-0.25, -0.2) is 13.1 Å². The minimum absolute atomic E-state index is 0.0109. The highest BCUT2D eigenvalue weighted by Gasteiger charge is 2.48. The summed E-state index contributed by atoms with van der Waals surface area (Å²) in [4.78, 5) is 14.6. The van der Waals surface area contributed by atoms with E-state index in [4.69, 9.17) is 0 Å². The summed E-state index contributed by atoms with van der Waals surface area (Å²) in [6.45, 7) is 2.76. The minimum atomic E-state index is -3.29. The topological polar surface area (TPSA) is 66.5 Å². The van der Waals surface area contributed by atoms with Gasteiger partial charge in [0.1, 0.15) is 0 Å². The van der Waals surface area contributed by atoms with Crippen molar-refractivity contribution in [3.05, 3.63) is 35.4 Å². The van der Waals surface area contributed by atoms with Crippen molar-refractivity contribution < 1.29 is 13.2 Å². The number of carbonyl (C=O) groups is 1. The van der Waals surface area contributed by atoms with Crippen LogP contribution in [-0.4, -0.2) is 44.6 Å². The van der Waals surface area contributed by atoms with E-state index < -0.39 is 10.0 Å². The third-order valence-corrected chi connectivity index (χ3v) is 6.52. The van der Waals surface area contributed by atoms with E-state index >= 15 is 0 Å². The van der Waals surface area contributed by atoms with Gasteiger partial charge in [0.25, 0.3) is 0 Å². The van der Waals surface area contributed by atoms with Crippen molar-refractivity contribution >= 4 is 15.9 Å². The van der Waals surface area contributed by atoms with Crippen LogP contribution in [0.25, 0.3) is 0 Å². The molecule has 2 fully saturated rings. The van der Waals surface area contributed by atoms with Gasteiger partial charge in [-0.15, -0.1) is 0 Å². The average molecular weight is 336 g/mol. The summed E-state index contributed by atoms with van der Waals surface area (Å²) in [6, 6.07) is 8.02. The smallest absolute Gasteiger partial charge is 0.226 e. The highest BCUT2D eigenvalue weighted by atomic mass is 32.2. The molecule has 0 radical (unpaired) electrons. The van der Waals surface area contributed by atoms with Crippen LogP contribution in [0.1, 0.15) is 36.3 Å². The molecule has 1 aromatic carbocycles. The molecular weight excluding hydrogens is 312 g/mol. The SMILES string of the molecule is CNS(=O)(=O)C[C@@H]1CCCN1C(=O)[C@H]1C[C@H]1c1ccccc1C. The van der Waals surface area contributed by atoms with E-state index in [1.165, 1.54) is 18.2 Å². The third-order valence-electron chi connectivity index (χ3n) is 5.08. The first kappa shape index (κ1) is 16.5. The number of hydrogen-bond donors (Lipinski definition) is 1. The van der Waals surface area contributed by atoms with Crippen molar-refractivity contribution in [2.45, 2.75) is 38.1 Å².